The van der Waals surface area contributed by atoms with Crippen molar-refractivity contribution < 1.29 is 24.1 Å². The lowest BCUT2D eigenvalue weighted by Gasteiger charge is -2.01. The summed E-state index contributed by atoms with van der Waals surface area (Å²) in [5, 5.41) is 0. The first-order chi connectivity index (χ1) is 8.70. The topological polar surface area (TPSA) is 61.8 Å². The Labute approximate surface area is 108 Å². The summed E-state index contributed by atoms with van der Waals surface area (Å²) in [5.41, 5.74) is 0. The normalized spacial score (nSPS) is 10.6. The van der Waals surface area contributed by atoms with Crippen molar-refractivity contribution in [2.45, 2.75) is 46.0 Å². The van der Waals surface area contributed by atoms with E-state index >= 15 is 0 Å². The third kappa shape index (κ3) is 11.1. The van der Waals surface area contributed by atoms with Crippen molar-refractivity contribution in [3.05, 3.63) is 12.2 Å². The second-order valence-electron chi connectivity index (χ2n) is 3.79. The monoisotopic (exact) mass is 258 g/mol. The van der Waals surface area contributed by atoms with Crippen LogP contribution in [0.4, 0.5) is 0 Å². The maximum Gasteiger partial charge on any atom is 0.366 e. The highest BCUT2D eigenvalue weighted by atomic mass is 17.2. The highest BCUT2D eigenvalue weighted by Crippen LogP contribution is 1.99. The predicted octanol–water partition coefficient (Wildman–Crippen LogP) is 2.55. The number of hydrogen-bond acceptors (Lipinski definition) is 5. The lowest BCUT2D eigenvalue weighted by Crippen LogP contribution is -2.06. The van der Waals surface area contributed by atoms with Gasteiger partial charge in [0.05, 0.1) is 13.2 Å². The zero-order chi connectivity index (χ0) is 13.6. The fourth-order valence-corrected chi connectivity index (χ4v) is 1.10. The molecule has 0 radical (unpaired) electrons. The first kappa shape index (κ1) is 16.6. The van der Waals surface area contributed by atoms with Gasteiger partial charge in [0.2, 0.25) is 0 Å². The van der Waals surface area contributed by atoms with Gasteiger partial charge < -0.3 is 4.74 Å². The Morgan fingerprint density at radius 3 is 2.28 bits per heavy atom. The number of carbonyl (C=O) groups is 2. The van der Waals surface area contributed by atoms with Crippen molar-refractivity contribution >= 4 is 11.9 Å². The van der Waals surface area contributed by atoms with Gasteiger partial charge in [0.15, 0.2) is 0 Å². The van der Waals surface area contributed by atoms with Crippen LogP contribution in [-0.4, -0.2) is 25.2 Å². The molecule has 0 aromatic rings. The van der Waals surface area contributed by atoms with E-state index in [-0.39, 0.29) is 0 Å². The van der Waals surface area contributed by atoms with Crippen LogP contribution in [0.5, 0.6) is 0 Å². The Bertz CT molecular complexity index is 260. The molecule has 0 N–H and O–H groups in total. The smallest absolute Gasteiger partial charge is 0.366 e. The van der Waals surface area contributed by atoms with Crippen LogP contribution in [0.15, 0.2) is 12.2 Å². The SMILES string of the molecule is CCCCCCOOC(=O)/C=C/C(=O)OCCC. The van der Waals surface area contributed by atoms with Gasteiger partial charge in [0.1, 0.15) is 0 Å². The van der Waals surface area contributed by atoms with Gasteiger partial charge in [-0.05, 0) is 12.8 Å². The van der Waals surface area contributed by atoms with E-state index in [0.717, 1.165) is 44.3 Å². The summed E-state index contributed by atoms with van der Waals surface area (Å²) in [5.74, 6) is -1.27. The van der Waals surface area contributed by atoms with Crippen LogP contribution in [0.25, 0.3) is 0 Å². The van der Waals surface area contributed by atoms with Crippen LogP contribution in [0, 0.1) is 0 Å². The zero-order valence-electron chi connectivity index (χ0n) is 11.1. The molecule has 0 aromatic carbocycles. The van der Waals surface area contributed by atoms with E-state index in [1.165, 1.54) is 0 Å². The Kier molecular flexibility index (Phi) is 11.2. The molecule has 0 amide bonds. The highest BCUT2D eigenvalue weighted by Gasteiger charge is 2.01. The summed E-state index contributed by atoms with van der Waals surface area (Å²) in [6, 6.07) is 0. The Balaban J connectivity index is 3.52. The molecular formula is C13H22O5. The number of esters is 1. The van der Waals surface area contributed by atoms with Crippen LogP contribution in [0.2, 0.25) is 0 Å². The fraction of sp³-hybridized carbons (Fsp3) is 0.692. The molecule has 0 fully saturated rings. The molecular weight excluding hydrogens is 236 g/mol. The van der Waals surface area contributed by atoms with Crippen molar-refractivity contribution in [2.24, 2.45) is 0 Å². The maximum absolute atomic E-state index is 11.1. The number of unbranched alkanes of at least 4 members (excludes halogenated alkanes) is 3. The molecule has 0 aromatic heterocycles. The maximum atomic E-state index is 11.1. The molecule has 5 nitrogen and oxygen atoms in total. The van der Waals surface area contributed by atoms with Gasteiger partial charge in [-0.3, -0.25) is 4.89 Å². The third-order valence-corrected chi connectivity index (χ3v) is 2.03. The molecule has 0 saturated carbocycles. The summed E-state index contributed by atoms with van der Waals surface area (Å²) in [4.78, 5) is 31.2. The van der Waals surface area contributed by atoms with Gasteiger partial charge >= 0.3 is 11.9 Å². The van der Waals surface area contributed by atoms with Crippen molar-refractivity contribution in [2.75, 3.05) is 13.2 Å². The van der Waals surface area contributed by atoms with E-state index in [0.29, 0.717) is 13.2 Å². The van der Waals surface area contributed by atoms with Crippen molar-refractivity contribution in [1.29, 1.82) is 0 Å². The van der Waals surface area contributed by atoms with Crippen LogP contribution in [-0.2, 0) is 24.1 Å². The van der Waals surface area contributed by atoms with E-state index in [1.54, 1.807) is 0 Å². The van der Waals surface area contributed by atoms with Gasteiger partial charge in [0.25, 0.3) is 0 Å². The summed E-state index contributed by atoms with van der Waals surface area (Å²) >= 11 is 0. The molecule has 0 aliphatic rings. The molecule has 0 unspecified atom stereocenters. The molecule has 104 valence electrons. The predicted molar refractivity (Wildman–Crippen MR) is 66.6 cm³/mol. The molecule has 0 atom stereocenters. The number of carbonyl (C=O) groups excluding carboxylic acids is 2. The number of ether oxygens (including phenoxy) is 1. The summed E-state index contributed by atoms with van der Waals surface area (Å²) in [6.45, 7) is 4.72. The first-order valence-electron chi connectivity index (χ1n) is 6.39. The minimum Gasteiger partial charge on any atom is -0.463 e. The molecule has 18 heavy (non-hydrogen) atoms. The second-order valence-corrected chi connectivity index (χ2v) is 3.79. The van der Waals surface area contributed by atoms with Gasteiger partial charge in [-0.2, -0.15) is 4.89 Å². The minimum absolute atomic E-state index is 0.339. The van der Waals surface area contributed by atoms with E-state index in [9.17, 15) is 9.59 Å². The summed E-state index contributed by atoms with van der Waals surface area (Å²) in [7, 11) is 0. The van der Waals surface area contributed by atoms with Gasteiger partial charge in [-0.15, -0.1) is 0 Å². The lowest BCUT2D eigenvalue weighted by molar-refractivity contribution is -0.267. The summed E-state index contributed by atoms with van der Waals surface area (Å²) < 4.78 is 4.74. The van der Waals surface area contributed by atoms with Crippen molar-refractivity contribution in [3.8, 4) is 0 Å². The van der Waals surface area contributed by atoms with Crippen LogP contribution < -0.4 is 0 Å². The largest absolute Gasteiger partial charge is 0.463 e. The molecule has 0 bridgehead atoms. The molecule has 0 rings (SSSR count). The third-order valence-electron chi connectivity index (χ3n) is 2.03. The molecule has 0 saturated heterocycles. The van der Waals surface area contributed by atoms with Crippen LogP contribution >= 0.6 is 0 Å². The van der Waals surface area contributed by atoms with E-state index < -0.39 is 11.9 Å². The van der Waals surface area contributed by atoms with E-state index in [2.05, 4.69) is 11.8 Å². The van der Waals surface area contributed by atoms with Gasteiger partial charge in [-0.1, -0.05) is 33.1 Å². The molecule has 0 spiro atoms. The van der Waals surface area contributed by atoms with Gasteiger partial charge in [0, 0.05) is 12.2 Å². The standard InChI is InChI=1S/C13H22O5/c1-3-5-6-7-11-17-18-13(15)9-8-12(14)16-10-4-2/h8-9H,3-7,10-11H2,1-2H3/b9-8+. The molecule has 0 heterocycles. The van der Waals surface area contributed by atoms with E-state index in [4.69, 9.17) is 9.62 Å². The van der Waals surface area contributed by atoms with Gasteiger partial charge in [-0.25, -0.2) is 9.59 Å². The quantitative estimate of drug-likeness (QED) is 0.198. The number of rotatable bonds is 10. The fourth-order valence-electron chi connectivity index (χ4n) is 1.10. The van der Waals surface area contributed by atoms with E-state index in [1.807, 2.05) is 6.92 Å². The zero-order valence-corrected chi connectivity index (χ0v) is 11.1. The molecule has 0 aliphatic heterocycles. The van der Waals surface area contributed by atoms with Crippen LogP contribution in [0.1, 0.15) is 46.0 Å². The van der Waals surface area contributed by atoms with Crippen molar-refractivity contribution in [3.63, 3.8) is 0 Å². The average Bonchev–Trinajstić information content (AvgIpc) is 2.38. The Morgan fingerprint density at radius 2 is 1.61 bits per heavy atom. The lowest BCUT2D eigenvalue weighted by atomic mass is 10.2. The molecule has 0 aliphatic carbocycles. The average molecular weight is 258 g/mol. The first-order valence-corrected chi connectivity index (χ1v) is 6.39. The Morgan fingerprint density at radius 1 is 0.889 bits per heavy atom. The minimum atomic E-state index is -0.709. The highest BCUT2D eigenvalue weighted by molar-refractivity contribution is 5.91. The number of hydrogen-bond donors (Lipinski definition) is 0. The summed E-state index contributed by atoms with van der Waals surface area (Å²) in [6.07, 6.45) is 6.94. The Hall–Kier alpha value is -1.36. The van der Waals surface area contributed by atoms with Crippen molar-refractivity contribution in [1.82, 2.24) is 0 Å². The second kappa shape index (κ2) is 12.1. The van der Waals surface area contributed by atoms with Crippen LogP contribution in [0.3, 0.4) is 0 Å². The molecule has 5 heteroatoms.